The normalized spacial score (nSPS) is 50.3. The third kappa shape index (κ3) is 2.10. The number of terminal acetylenes is 1. The molecule has 0 heterocycles. The molecular weight excluding hydrogens is 296 g/mol. The maximum atomic E-state index is 12.1. The minimum absolute atomic E-state index is 0.101. The van der Waals surface area contributed by atoms with Gasteiger partial charge in [-0.2, -0.15) is 0 Å². The lowest BCUT2D eigenvalue weighted by atomic mass is 9.45. The Hall–Kier alpha value is -1.07. The minimum Gasteiger partial charge on any atom is -0.393 e. The van der Waals surface area contributed by atoms with Crippen LogP contribution in [0.15, 0.2) is 11.6 Å². The number of aliphatic hydroxyl groups is 1. The zero-order valence-electron chi connectivity index (χ0n) is 15.1. The predicted molar refractivity (Wildman–Crippen MR) is 95.0 cm³/mol. The van der Waals surface area contributed by atoms with Gasteiger partial charge in [0.15, 0.2) is 5.78 Å². The van der Waals surface area contributed by atoms with Crippen LogP contribution >= 0.6 is 0 Å². The van der Waals surface area contributed by atoms with Gasteiger partial charge in [0.25, 0.3) is 0 Å². The molecule has 7 atom stereocenters. The molecule has 0 aromatic heterocycles. The van der Waals surface area contributed by atoms with Crippen LogP contribution in [0, 0.1) is 46.8 Å². The second kappa shape index (κ2) is 5.46. The van der Waals surface area contributed by atoms with E-state index in [2.05, 4.69) is 19.8 Å². The summed E-state index contributed by atoms with van der Waals surface area (Å²) in [6.45, 7) is 4.72. The van der Waals surface area contributed by atoms with Gasteiger partial charge < -0.3 is 5.11 Å². The Labute approximate surface area is 146 Å². The number of ketones is 1. The number of rotatable bonds is 1. The van der Waals surface area contributed by atoms with Crippen LogP contribution in [0.2, 0.25) is 0 Å². The highest BCUT2D eigenvalue weighted by molar-refractivity contribution is 5.91. The lowest BCUT2D eigenvalue weighted by Crippen LogP contribution is -2.53. The van der Waals surface area contributed by atoms with Crippen LogP contribution in [0.25, 0.3) is 0 Å². The van der Waals surface area contributed by atoms with Crippen molar-refractivity contribution in [3.8, 4) is 12.3 Å². The van der Waals surface area contributed by atoms with Gasteiger partial charge in [-0.1, -0.05) is 19.4 Å². The van der Waals surface area contributed by atoms with Crippen LogP contribution in [-0.4, -0.2) is 17.0 Å². The number of allylic oxidation sites excluding steroid dienone is 1. The molecule has 4 aliphatic carbocycles. The Morgan fingerprint density at radius 3 is 2.79 bits per heavy atom. The van der Waals surface area contributed by atoms with Gasteiger partial charge >= 0.3 is 0 Å². The summed E-state index contributed by atoms with van der Waals surface area (Å²) in [4.78, 5) is 12.1. The van der Waals surface area contributed by atoms with Crippen molar-refractivity contribution < 1.29 is 9.90 Å². The molecule has 0 bridgehead atoms. The van der Waals surface area contributed by atoms with E-state index in [1.807, 2.05) is 6.08 Å². The van der Waals surface area contributed by atoms with Crippen molar-refractivity contribution in [2.75, 3.05) is 0 Å². The maximum Gasteiger partial charge on any atom is 0.155 e. The molecule has 4 aliphatic rings. The zero-order chi connectivity index (χ0) is 17.1. The van der Waals surface area contributed by atoms with Gasteiger partial charge in [0.2, 0.25) is 0 Å². The van der Waals surface area contributed by atoms with Gasteiger partial charge in [-0.3, -0.25) is 4.79 Å². The van der Waals surface area contributed by atoms with Gasteiger partial charge in [-0.05, 0) is 79.1 Å². The molecule has 0 aromatic carbocycles. The number of aliphatic hydroxyl groups excluding tert-OH is 1. The quantitative estimate of drug-likeness (QED) is 0.736. The first-order chi connectivity index (χ1) is 11.4. The maximum absolute atomic E-state index is 12.1. The number of fused-ring (bicyclic) bond motifs is 5. The van der Waals surface area contributed by atoms with Gasteiger partial charge in [0.1, 0.15) is 0 Å². The van der Waals surface area contributed by atoms with E-state index in [-0.39, 0.29) is 16.9 Å². The molecule has 1 N–H and O–H groups in total. The monoisotopic (exact) mass is 326 g/mol. The molecule has 4 rings (SSSR count). The number of carbonyl (C=O) groups is 1. The van der Waals surface area contributed by atoms with Crippen molar-refractivity contribution >= 4 is 5.78 Å². The standard InChI is InChI=1S/C22H30O2/c1-4-5-14-12-16-17-6-7-20(24)22(17,3)11-9-18(16)21(2)10-8-15(23)13-19(14)21/h1,13-14,16-18,20,24H,5-12H2,2-3H3/t14-,16+,17+,18+,20+,21-,22+/m1/s1. The van der Waals surface area contributed by atoms with Gasteiger partial charge in [0.05, 0.1) is 6.10 Å². The molecule has 3 saturated carbocycles. The lowest BCUT2D eigenvalue weighted by Gasteiger charge is -2.59. The van der Waals surface area contributed by atoms with Crippen LogP contribution in [0.5, 0.6) is 0 Å². The first-order valence-corrected chi connectivity index (χ1v) is 9.76. The molecule has 24 heavy (non-hydrogen) atoms. The minimum atomic E-state index is -0.132. The molecule has 0 spiro atoms. The van der Waals surface area contributed by atoms with Crippen molar-refractivity contribution in [1.29, 1.82) is 0 Å². The first-order valence-electron chi connectivity index (χ1n) is 9.76. The van der Waals surface area contributed by atoms with Crippen molar-refractivity contribution in [2.45, 2.75) is 71.3 Å². The fourth-order valence-electron chi connectivity index (χ4n) is 7.09. The Bertz CT molecular complexity index is 626. The molecule has 130 valence electrons. The lowest BCUT2D eigenvalue weighted by molar-refractivity contribution is -0.118. The number of hydrogen-bond acceptors (Lipinski definition) is 2. The molecule has 3 fully saturated rings. The van der Waals surface area contributed by atoms with E-state index < -0.39 is 0 Å². The topological polar surface area (TPSA) is 37.3 Å². The fraction of sp³-hybridized carbons (Fsp3) is 0.773. The smallest absolute Gasteiger partial charge is 0.155 e. The summed E-state index contributed by atoms with van der Waals surface area (Å²) in [6.07, 6.45) is 15.5. The van der Waals surface area contributed by atoms with Crippen LogP contribution < -0.4 is 0 Å². The molecule has 2 nitrogen and oxygen atoms in total. The third-order valence-corrected chi connectivity index (χ3v) is 8.43. The van der Waals surface area contributed by atoms with E-state index in [4.69, 9.17) is 6.42 Å². The van der Waals surface area contributed by atoms with E-state index in [0.29, 0.717) is 35.9 Å². The average Bonchev–Trinajstić information content (AvgIpc) is 2.85. The number of hydrogen-bond donors (Lipinski definition) is 1. The van der Waals surface area contributed by atoms with E-state index in [9.17, 15) is 9.90 Å². The highest BCUT2D eigenvalue weighted by Gasteiger charge is 2.60. The third-order valence-electron chi connectivity index (χ3n) is 8.43. The summed E-state index contributed by atoms with van der Waals surface area (Å²) >= 11 is 0. The molecule has 0 aromatic rings. The van der Waals surface area contributed by atoms with E-state index >= 15 is 0 Å². The SMILES string of the molecule is C#CC[C@@H]1C[C@H]2[C@@H]3CC[C@H](O)[C@@]3(C)CC[C@@H]2[C@@]2(C)CCC(=O)C=C12. The average molecular weight is 326 g/mol. The van der Waals surface area contributed by atoms with Crippen molar-refractivity contribution in [2.24, 2.45) is 34.5 Å². The molecule has 0 saturated heterocycles. The van der Waals surface area contributed by atoms with Crippen molar-refractivity contribution in [3.63, 3.8) is 0 Å². The van der Waals surface area contributed by atoms with E-state index in [1.165, 1.54) is 12.0 Å². The van der Waals surface area contributed by atoms with Crippen LogP contribution in [-0.2, 0) is 4.79 Å². The fourth-order valence-corrected chi connectivity index (χ4v) is 7.09. The Morgan fingerprint density at radius 1 is 1.25 bits per heavy atom. The predicted octanol–water partition coefficient (Wildman–Crippen LogP) is 4.13. The second-order valence-electron chi connectivity index (χ2n) is 9.34. The summed E-state index contributed by atoms with van der Waals surface area (Å²) in [5, 5.41) is 10.6. The largest absolute Gasteiger partial charge is 0.393 e. The highest BCUT2D eigenvalue weighted by atomic mass is 16.3. The molecular formula is C22H30O2. The Morgan fingerprint density at radius 2 is 2.04 bits per heavy atom. The Kier molecular flexibility index (Phi) is 3.73. The van der Waals surface area contributed by atoms with E-state index in [0.717, 1.165) is 38.5 Å². The van der Waals surface area contributed by atoms with Crippen LogP contribution in [0.3, 0.4) is 0 Å². The summed E-state index contributed by atoms with van der Waals surface area (Å²) in [6, 6.07) is 0. The van der Waals surface area contributed by atoms with Gasteiger partial charge in [-0.25, -0.2) is 0 Å². The van der Waals surface area contributed by atoms with Crippen molar-refractivity contribution in [1.82, 2.24) is 0 Å². The van der Waals surface area contributed by atoms with Crippen LogP contribution in [0.1, 0.15) is 65.2 Å². The molecule has 0 aliphatic heterocycles. The first kappa shape index (κ1) is 16.4. The summed E-state index contributed by atoms with van der Waals surface area (Å²) in [5.74, 6) is 5.48. The summed E-state index contributed by atoms with van der Waals surface area (Å²) in [7, 11) is 0. The molecule has 0 amide bonds. The highest BCUT2D eigenvalue weighted by Crippen LogP contribution is 2.66. The summed E-state index contributed by atoms with van der Waals surface area (Å²) in [5.41, 5.74) is 1.61. The Balaban J connectivity index is 1.75. The van der Waals surface area contributed by atoms with E-state index in [1.54, 1.807) is 0 Å². The van der Waals surface area contributed by atoms with Crippen molar-refractivity contribution in [3.05, 3.63) is 11.6 Å². The molecule has 0 radical (unpaired) electrons. The number of carbonyl (C=O) groups excluding carboxylic acids is 1. The van der Waals surface area contributed by atoms with Gasteiger partial charge in [-0.15, -0.1) is 12.3 Å². The van der Waals surface area contributed by atoms with Crippen LogP contribution in [0.4, 0.5) is 0 Å². The van der Waals surface area contributed by atoms with Gasteiger partial charge in [0, 0.05) is 12.8 Å². The zero-order valence-corrected chi connectivity index (χ0v) is 15.1. The second-order valence-corrected chi connectivity index (χ2v) is 9.34. The molecule has 2 heteroatoms. The summed E-state index contributed by atoms with van der Waals surface area (Å²) < 4.78 is 0. The molecule has 0 unspecified atom stereocenters.